The monoisotopic (exact) mass is 314 g/mol. The smallest absolute Gasteiger partial charge is 0.230 e. The number of nitrogens with one attached hydrogen (secondary N) is 1. The molecule has 0 fully saturated rings. The first-order valence-corrected chi connectivity index (χ1v) is 6.40. The number of rotatable bonds is 3. The van der Waals surface area contributed by atoms with E-state index in [9.17, 15) is 9.18 Å². The molecule has 0 spiro atoms. The van der Waals surface area contributed by atoms with E-state index in [0.29, 0.717) is 10.7 Å². The molecule has 0 aliphatic heterocycles. The standard InChI is InChI=1S/C11H8BrFN2OS/c12-9-6-14-11(17-9)15-10(16)5-7-2-1-3-8(13)4-7/h1-4,6H,5H2,(H,14,15,16). The lowest BCUT2D eigenvalue weighted by Gasteiger charge is -2.01. The maximum Gasteiger partial charge on any atom is 0.230 e. The summed E-state index contributed by atoms with van der Waals surface area (Å²) in [7, 11) is 0. The van der Waals surface area contributed by atoms with E-state index in [1.54, 1.807) is 18.3 Å². The number of aromatic nitrogens is 1. The second kappa shape index (κ2) is 5.37. The Balaban J connectivity index is 1.98. The van der Waals surface area contributed by atoms with Crippen molar-refractivity contribution in [3.8, 4) is 0 Å². The molecule has 0 aliphatic carbocycles. The summed E-state index contributed by atoms with van der Waals surface area (Å²) in [6.07, 6.45) is 1.75. The second-order valence-electron chi connectivity index (χ2n) is 3.32. The average molecular weight is 315 g/mol. The molecule has 3 nitrogen and oxygen atoms in total. The van der Waals surface area contributed by atoms with Gasteiger partial charge in [0, 0.05) is 0 Å². The number of hydrogen-bond acceptors (Lipinski definition) is 3. The first-order chi connectivity index (χ1) is 8.13. The van der Waals surface area contributed by atoms with Gasteiger partial charge in [-0.2, -0.15) is 0 Å². The van der Waals surface area contributed by atoms with Crippen molar-refractivity contribution in [1.29, 1.82) is 0 Å². The number of nitrogens with zero attached hydrogens (tertiary/aromatic N) is 1. The van der Waals surface area contributed by atoms with Gasteiger partial charge in [0.15, 0.2) is 5.13 Å². The summed E-state index contributed by atoms with van der Waals surface area (Å²) in [6, 6.07) is 5.98. The molecule has 1 amide bonds. The van der Waals surface area contributed by atoms with Crippen molar-refractivity contribution < 1.29 is 9.18 Å². The Morgan fingerprint density at radius 3 is 3.00 bits per heavy atom. The fourth-order valence-corrected chi connectivity index (χ4v) is 2.43. The minimum Gasteiger partial charge on any atom is -0.302 e. The van der Waals surface area contributed by atoms with Crippen LogP contribution in [0.4, 0.5) is 9.52 Å². The molecule has 1 N–H and O–H groups in total. The van der Waals surface area contributed by atoms with E-state index >= 15 is 0 Å². The Bertz CT molecular complexity index is 544. The third-order valence-electron chi connectivity index (χ3n) is 1.98. The highest BCUT2D eigenvalue weighted by Crippen LogP contribution is 2.23. The number of carbonyl (C=O) groups excluding carboxylic acids is 1. The second-order valence-corrected chi connectivity index (χ2v) is 5.73. The van der Waals surface area contributed by atoms with Gasteiger partial charge in [-0.05, 0) is 33.6 Å². The highest BCUT2D eigenvalue weighted by atomic mass is 79.9. The molecule has 88 valence electrons. The molecule has 0 bridgehead atoms. The van der Waals surface area contributed by atoms with Crippen LogP contribution in [-0.4, -0.2) is 10.9 Å². The van der Waals surface area contributed by atoms with Gasteiger partial charge in [0.05, 0.1) is 16.4 Å². The van der Waals surface area contributed by atoms with E-state index in [2.05, 4.69) is 26.2 Å². The summed E-state index contributed by atoms with van der Waals surface area (Å²) in [5, 5.41) is 3.17. The lowest BCUT2D eigenvalue weighted by molar-refractivity contribution is -0.115. The number of amides is 1. The molecule has 6 heteroatoms. The summed E-state index contributed by atoms with van der Waals surface area (Å²) < 4.78 is 13.7. The molecule has 0 saturated carbocycles. The van der Waals surface area contributed by atoms with Gasteiger partial charge in [-0.15, -0.1) is 0 Å². The number of hydrogen-bond donors (Lipinski definition) is 1. The molecular formula is C11H8BrFN2OS. The lowest BCUT2D eigenvalue weighted by Crippen LogP contribution is -2.14. The zero-order valence-electron chi connectivity index (χ0n) is 8.61. The number of carbonyl (C=O) groups is 1. The highest BCUT2D eigenvalue weighted by Gasteiger charge is 2.07. The maximum absolute atomic E-state index is 12.9. The molecule has 17 heavy (non-hydrogen) atoms. The van der Waals surface area contributed by atoms with Crippen LogP contribution < -0.4 is 5.32 Å². The fourth-order valence-electron chi connectivity index (χ4n) is 1.31. The largest absolute Gasteiger partial charge is 0.302 e. The van der Waals surface area contributed by atoms with Crippen LogP contribution in [0.25, 0.3) is 0 Å². The summed E-state index contributed by atoms with van der Waals surface area (Å²) in [5.41, 5.74) is 0.637. The Morgan fingerprint density at radius 1 is 1.53 bits per heavy atom. The van der Waals surface area contributed by atoms with Gasteiger partial charge < -0.3 is 5.32 Å². The van der Waals surface area contributed by atoms with Gasteiger partial charge in [0.2, 0.25) is 5.91 Å². The van der Waals surface area contributed by atoms with Crippen LogP contribution in [0.2, 0.25) is 0 Å². The highest BCUT2D eigenvalue weighted by molar-refractivity contribution is 9.11. The minimum atomic E-state index is -0.340. The average Bonchev–Trinajstić information content (AvgIpc) is 2.63. The summed E-state index contributed by atoms with van der Waals surface area (Å²) in [4.78, 5) is 15.6. The summed E-state index contributed by atoms with van der Waals surface area (Å²) in [6.45, 7) is 0. The Kier molecular flexibility index (Phi) is 3.86. The number of halogens is 2. The lowest BCUT2D eigenvalue weighted by atomic mass is 10.1. The summed E-state index contributed by atoms with van der Waals surface area (Å²) in [5.74, 6) is -0.551. The van der Waals surface area contributed by atoms with Crippen molar-refractivity contribution in [2.45, 2.75) is 6.42 Å². The van der Waals surface area contributed by atoms with Crippen molar-refractivity contribution in [2.75, 3.05) is 5.32 Å². The van der Waals surface area contributed by atoms with Gasteiger partial charge in [0.1, 0.15) is 5.82 Å². The van der Waals surface area contributed by atoms with Crippen molar-refractivity contribution >= 4 is 38.3 Å². The van der Waals surface area contributed by atoms with E-state index in [4.69, 9.17) is 0 Å². The molecule has 0 saturated heterocycles. The van der Waals surface area contributed by atoms with Crippen LogP contribution in [0.1, 0.15) is 5.56 Å². The Labute approximate surface area is 110 Å². The number of anilines is 1. The number of benzene rings is 1. The van der Waals surface area contributed by atoms with E-state index in [0.717, 1.165) is 3.79 Å². The first kappa shape index (κ1) is 12.2. The molecule has 2 aromatic rings. The molecule has 1 aromatic carbocycles. The third kappa shape index (κ3) is 3.61. The zero-order chi connectivity index (χ0) is 12.3. The van der Waals surface area contributed by atoms with Crippen LogP contribution >= 0.6 is 27.3 Å². The van der Waals surface area contributed by atoms with Crippen LogP contribution in [-0.2, 0) is 11.2 Å². The van der Waals surface area contributed by atoms with E-state index in [-0.39, 0.29) is 18.1 Å². The molecule has 1 heterocycles. The van der Waals surface area contributed by atoms with Gasteiger partial charge in [0.25, 0.3) is 0 Å². The van der Waals surface area contributed by atoms with Gasteiger partial charge in [-0.25, -0.2) is 9.37 Å². The van der Waals surface area contributed by atoms with Gasteiger partial charge in [-0.1, -0.05) is 23.5 Å². The SMILES string of the molecule is O=C(Cc1cccc(F)c1)Nc1ncc(Br)s1. The normalized spacial score (nSPS) is 10.2. The van der Waals surface area contributed by atoms with E-state index < -0.39 is 0 Å². The van der Waals surface area contributed by atoms with Crippen molar-refractivity contribution in [1.82, 2.24) is 4.98 Å². The minimum absolute atomic E-state index is 0.134. The third-order valence-corrected chi connectivity index (χ3v) is 3.37. The number of thiazole rings is 1. The van der Waals surface area contributed by atoms with Gasteiger partial charge >= 0.3 is 0 Å². The van der Waals surface area contributed by atoms with Crippen molar-refractivity contribution in [3.05, 3.63) is 45.6 Å². The fraction of sp³-hybridized carbons (Fsp3) is 0.0909. The topological polar surface area (TPSA) is 42.0 Å². The molecule has 0 atom stereocenters. The first-order valence-electron chi connectivity index (χ1n) is 4.79. The quantitative estimate of drug-likeness (QED) is 0.945. The van der Waals surface area contributed by atoms with E-state index in [1.165, 1.54) is 23.5 Å². The molecule has 1 aromatic heterocycles. The Hall–Kier alpha value is -1.27. The molecule has 2 rings (SSSR count). The molecule has 0 radical (unpaired) electrons. The van der Waals surface area contributed by atoms with Crippen molar-refractivity contribution in [3.63, 3.8) is 0 Å². The molecule has 0 unspecified atom stereocenters. The molecule has 0 aliphatic rings. The Morgan fingerprint density at radius 2 is 2.35 bits per heavy atom. The van der Waals surface area contributed by atoms with Crippen molar-refractivity contribution in [2.24, 2.45) is 0 Å². The predicted molar refractivity (Wildman–Crippen MR) is 68.5 cm³/mol. The molecular weight excluding hydrogens is 307 g/mol. The van der Waals surface area contributed by atoms with Crippen LogP contribution in [0.5, 0.6) is 0 Å². The van der Waals surface area contributed by atoms with Gasteiger partial charge in [-0.3, -0.25) is 4.79 Å². The maximum atomic E-state index is 12.9. The summed E-state index contributed by atoms with van der Waals surface area (Å²) >= 11 is 4.58. The predicted octanol–water partition coefficient (Wildman–Crippen LogP) is 3.23. The van der Waals surface area contributed by atoms with Crippen LogP contribution in [0, 0.1) is 5.82 Å². The van der Waals surface area contributed by atoms with E-state index in [1.807, 2.05) is 0 Å². The van der Waals surface area contributed by atoms with Crippen LogP contribution in [0.15, 0.2) is 34.2 Å². The van der Waals surface area contributed by atoms with Crippen LogP contribution in [0.3, 0.4) is 0 Å². The zero-order valence-corrected chi connectivity index (χ0v) is 11.0.